The molecule has 0 spiro atoms. The van der Waals surface area contributed by atoms with E-state index in [1.54, 1.807) is 0 Å². The number of carbonyl (C=O) groups is 4. The molecule has 8 nitrogen and oxygen atoms in total. The lowest BCUT2D eigenvalue weighted by Gasteiger charge is -2.18. The quantitative estimate of drug-likeness (QED) is 0.474. The van der Waals surface area contributed by atoms with Gasteiger partial charge >= 0.3 is 5.97 Å². The Balaban J connectivity index is 4.32. The highest BCUT2D eigenvalue weighted by Crippen LogP contribution is 1.90. The summed E-state index contributed by atoms with van der Waals surface area (Å²) in [7, 11) is 0. The van der Waals surface area contributed by atoms with Gasteiger partial charge in [-0.15, -0.1) is 0 Å². The van der Waals surface area contributed by atoms with Gasteiger partial charge in [0.25, 0.3) is 0 Å². The molecule has 19 heavy (non-hydrogen) atoms. The second-order valence-corrected chi connectivity index (χ2v) is 4.22. The van der Waals surface area contributed by atoms with E-state index in [4.69, 9.17) is 5.11 Å². The first-order chi connectivity index (χ1) is 8.65. The van der Waals surface area contributed by atoms with Gasteiger partial charge < -0.3 is 21.1 Å². The lowest BCUT2D eigenvalue weighted by atomic mass is 10.2. The molecule has 0 bridgehead atoms. The van der Waals surface area contributed by atoms with Crippen molar-refractivity contribution in [1.82, 2.24) is 16.0 Å². The van der Waals surface area contributed by atoms with Crippen LogP contribution in [-0.4, -0.2) is 46.9 Å². The van der Waals surface area contributed by atoms with Crippen LogP contribution < -0.4 is 16.0 Å². The first kappa shape index (κ1) is 16.9. The molecule has 0 aliphatic heterocycles. The second kappa shape index (κ2) is 7.34. The number of nitrogens with one attached hydrogen (secondary N) is 3. The molecule has 8 heteroatoms. The molecule has 108 valence electrons. The molecule has 0 aromatic carbocycles. The molecule has 0 aliphatic carbocycles. The van der Waals surface area contributed by atoms with Crippen LogP contribution in [0.1, 0.15) is 27.7 Å². The van der Waals surface area contributed by atoms with Gasteiger partial charge in [-0.1, -0.05) is 0 Å². The molecule has 0 saturated heterocycles. The zero-order valence-corrected chi connectivity index (χ0v) is 11.3. The molecule has 0 aliphatic rings. The molecule has 0 rings (SSSR count). The Morgan fingerprint density at radius 2 is 1.16 bits per heavy atom. The summed E-state index contributed by atoms with van der Waals surface area (Å²) in [5.41, 5.74) is 0. The fourth-order valence-electron chi connectivity index (χ4n) is 1.17. The maximum absolute atomic E-state index is 11.6. The van der Waals surface area contributed by atoms with Crippen molar-refractivity contribution in [2.75, 3.05) is 0 Å². The van der Waals surface area contributed by atoms with E-state index in [0.29, 0.717) is 0 Å². The van der Waals surface area contributed by atoms with Gasteiger partial charge in [-0.05, 0) is 20.8 Å². The normalized spacial score (nSPS) is 14.7. The second-order valence-electron chi connectivity index (χ2n) is 4.22. The SMILES string of the molecule is CC(=O)N[C@@H](C)C(=O)N[C@H](C)C(=O)N[C@@H](C)C(=O)O. The van der Waals surface area contributed by atoms with Gasteiger partial charge in [-0.2, -0.15) is 0 Å². The van der Waals surface area contributed by atoms with E-state index in [-0.39, 0.29) is 5.91 Å². The summed E-state index contributed by atoms with van der Waals surface area (Å²) in [6.07, 6.45) is 0. The van der Waals surface area contributed by atoms with Gasteiger partial charge in [0, 0.05) is 6.92 Å². The van der Waals surface area contributed by atoms with Crippen molar-refractivity contribution in [1.29, 1.82) is 0 Å². The van der Waals surface area contributed by atoms with Gasteiger partial charge in [0.15, 0.2) is 0 Å². The number of carboxylic acid groups (broad SMARTS) is 1. The van der Waals surface area contributed by atoms with Crippen LogP contribution in [0.25, 0.3) is 0 Å². The lowest BCUT2D eigenvalue weighted by Crippen LogP contribution is -2.53. The fraction of sp³-hybridized carbons (Fsp3) is 0.636. The van der Waals surface area contributed by atoms with Gasteiger partial charge in [0.1, 0.15) is 18.1 Å². The maximum atomic E-state index is 11.6. The van der Waals surface area contributed by atoms with Crippen LogP contribution in [0.4, 0.5) is 0 Å². The van der Waals surface area contributed by atoms with Crippen LogP contribution in [0.2, 0.25) is 0 Å². The molecule has 3 atom stereocenters. The molecule has 0 fully saturated rings. The first-order valence-electron chi connectivity index (χ1n) is 5.75. The number of carboxylic acids is 1. The van der Waals surface area contributed by atoms with Crippen molar-refractivity contribution in [3.63, 3.8) is 0 Å². The highest BCUT2D eigenvalue weighted by Gasteiger charge is 2.22. The van der Waals surface area contributed by atoms with Gasteiger partial charge in [-0.25, -0.2) is 0 Å². The molecule has 0 aromatic heterocycles. The predicted octanol–water partition coefficient (Wildman–Crippen LogP) is -1.39. The van der Waals surface area contributed by atoms with E-state index in [2.05, 4.69) is 16.0 Å². The first-order valence-corrected chi connectivity index (χ1v) is 5.75. The third-order valence-electron chi connectivity index (χ3n) is 2.29. The van der Waals surface area contributed by atoms with E-state index in [1.807, 2.05) is 0 Å². The Kier molecular flexibility index (Phi) is 6.53. The van der Waals surface area contributed by atoms with Crippen molar-refractivity contribution in [3.05, 3.63) is 0 Å². The molecule has 0 radical (unpaired) electrons. The molecule has 0 unspecified atom stereocenters. The topological polar surface area (TPSA) is 125 Å². The summed E-state index contributed by atoms with van der Waals surface area (Å²) in [5.74, 6) is -2.67. The Bertz CT molecular complexity index is 383. The van der Waals surface area contributed by atoms with Crippen molar-refractivity contribution >= 4 is 23.7 Å². The molecule has 4 N–H and O–H groups in total. The summed E-state index contributed by atoms with van der Waals surface area (Å²) in [4.78, 5) is 44.5. The highest BCUT2D eigenvalue weighted by atomic mass is 16.4. The van der Waals surface area contributed by atoms with E-state index in [0.717, 1.165) is 0 Å². The Morgan fingerprint density at radius 1 is 0.789 bits per heavy atom. The summed E-state index contributed by atoms with van der Waals surface area (Å²) < 4.78 is 0. The standard InChI is InChI=1S/C11H19N3O5/c1-5(12-8(4)15)9(16)13-6(2)10(17)14-7(3)11(18)19/h5-7H,1-4H3,(H,12,15)(H,13,16)(H,14,17)(H,18,19)/t5-,6+,7-/m0/s1. The number of aliphatic carboxylic acids is 1. The average Bonchev–Trinajstić information content (AvgIpc) is 2.27. The zero-order valence-electron chi connectivity index (χ0n) is 11.3. The van der Waals surface area contributed by atoms with Gasteiger partial charge in [0.05, 0.1) is 0 Å². The van der Waals surface area contributed by atoms with E-state index < -0.39 is 35.9 Å². The van der Waals surface area contributed by atoms with E-state index in [9.17, 15) is 19.2 Å². The van der Waals surface area contributed by atoms with Crippen molar-refractivity contribution in [2.45, 2.75) is 45.8 Å². The number of amides is 3. The minimum Gasteiger partial charge on any atom is -0.480 e. The predicted molar refractivity (Wildman–Crippen MR) is 66.1 cm³/mol. The molecule has 0 saturated carbocycles. The van der Waals surface area contributed by atoms with Crippen molar-refractivity contribution < 1.29 is 24.3 Å². The third kappa shape index (κ3) is 6.39. The van der Waals surface area contributed by atoms with E-state index in [1.165, 1.54) is 27.7 Å². The largest absolute Gasteiger partial charge is 0.480 e. The third-order valence-corrected chi connectivity index (χ3v) is 2.29. The summed E-state index contributed by atoms with van der Waals surface area (Å²) in [5, 5.41) is 15.6. The number of hydrogen-bond donors (Lipinski definition) is 4. The summed E-state index contributed by atoms with van der Waals surface area (Å²) in [6, 6.07) is -2.71. The van der Waals surface area contributed by atoms with Gasteiger partial charge in [0.2, 0.25) is 17.7 Å². The highest BCUT2D eigenvalue weighted by molar-refractivity contribution is 5.92. The molecule has 3 amide bonds. The maximum Gasteiger partial charge on any atom is 0.325 e. The Hall–Kier alpha value is -2.12. The molecule has 0 aromatic rings. The van der Waals surface area contributed by atoms with Gasteiger partial charge in [-0.3, -0.25) is 19.2 Å². The smallest absolute Gasteiger partial charge is 0.325 e. The average molecular weight is 273 g/mol. The van der Waals surface area contributed by atoms with Crippen LogP contribution in [-0.2, 0) is 19.2 Å². The van der Waals surface area contributed by atoms with Crippen molar-refractivity contribution in [3.8, 4) is 0 Å². The zero-order chi connectivity index (χ0) is 15.2. The minimum absolute atomic E-state index is 0.362. The lowest BCUT2D eigenvalue weighted by molar-refractivity contribution is -0.141. The number of hydrogen-bond acceptors (Lipinski definition) is 4. The molecular formula is C11H19N3O5. The number of carbonyl (C=O) groups excluding carboxylic acids is 3. The van der Waals surface area contributed by atoms with Crippen LogP contribution in [0, 0.1) is 0 Å². The van der Waals surface area contributed by atoms with Crippen LogP contribution in [0.5, 0.6) is 0 Å². The summed E-state index contributed by atoms with van der Waals surface area (Å²) in [6.45, 7) is 5.48. The fourth-order valence-corrected chi connectivity index (χ4v) is 1.17. The van der Waals surface area contributed by atoms with Crippen molar-refractivity contribution in [2.24, 2.45) is 0 Å². The molecular weight excluding hydrogens is 254 g/mol. The molecule has 0 heterocycles. The minimum atomic E-state index is -1.17. The summed E-state index contributed by atoms with van der Waals surface area (Å²) >= 11 is 0. The van der Waals surface area contributed by atoms with Crippen LogP contribution >= 0.6 is 0 Å². The number of rotatable bonds is 6. The Labute approximate surface area is 110 Å². The van der Waals surface area contributed by atoms with Crippen LogP contribution in [0.3, 0.4) is 0 Å². The monoisotopic (exact) mass is 273 g/mol. The van der Waals surface area contributed by atoms with Crippen LogP contribution in [0.15, 0.2) is 0 Å². The van der Waals surface area contributed by atoms with E-state index >= 15 is 0 Å². The Morgan fingerprint density at radius 3 is 1.53 bits per heavy atom.